The van der Waals surface area contributed by atoms with Crippen LogP contribution in [-0.4, -0.2) is 85.0 Å². The van der Waals surface area contributed by atoms with Gasteiger partial charge in [0.15, 0.2) is 0 Å². The summed E-state index contributed by atoms with van der Waals surface area (Å²) in [5.74, 6) is -0.307. The van der Waals surface area contributed by atoms with Crippen LogP contribution in [0.1, 0.15) is 109 Å². The lowest BCUT2D eigenvalue weighted by atomic mass is 9.74. The molecule has 3 aromatic rings. The topological polar surface area (TPSA) is 88.0 Å². The van der Waals surface area contributed by atoms with Gasteiger partial charge in [-0.3, -0.25) is 19.5 Å². The average Bonchev–Trinajstić information content (AvgIpc) is 3.43. The molecule has 3 aliphatic heterocycles. The highest BCUT2D eigenvalue weighted by Gasteiger charge is 2.50. The molecule has 0 unspecified atom stereocenters. The van der Waals surface area contributed by atoms with Gasteiger partial charge < -0.3 is 19.1 Å². The largest absolute Gasteiger partial charge is 0.444 e. The lowest BCUT2D eigenvalue weighted by Gasteiger charge is -2.51. The Bertz CT molecular complexity index is 1670. The molecular weight excluding hydrogens is 609 g/mol. The van der Waals surface area contributed by atoms with Crippen LogP contribution in [0.5, 0.6) is 0 Å². The van der Waals surface area contributed by atoms with Gasteiger partial charge in [0, 0.05) is 49.0 Å². The van der Waals surface area contributed by atoms with E-state index < -0.39 is 17.5 Å². The van der Waals surface area contributed by atoms with E-state index in [1.807, 2.05) is 64.0 Å². The van der Waals surface area contributed by atoms with E-state index in [1.165, 1.54) is 12.1 Å². The molecule has 0 radical (unpaired) electrons. The van der Waals surface area contributed by atoms with E-state index in [2.05, 4.69) is 11.2 Å². The molecule has 3 amide bonds. The number of pyridine rings is 1. The summed E-state index contributed by atoms with van der Waals surface area (Å²) in [6, 6.07) is 5.87. The Morgan fingerprint density at radius 2 is 1.62 bits per heavy atom. The number of hydrogen-bond donors (Lipinski definition) is 0. The van der Waals surface area contributed by atoms with Crippen LogP contribution in [0.3, 0.4) is 0 Å². The molecule has 7 rings (SSSR count). The first-order valence-electron chi connectivity index (χ1n) is 17.6. The number of hydrogen-bond acceptors (Lipinski definition) is 5. The van der Waals surface area contributed by atoms with E-state index in [4.69, 9.17) is 4.74 Å². The van der Waals surface area contributed by atoms with Crippen molar-refractivity contribution in [1.82, 2.24) is 24.3 Å². The zero-order valence-corrected chi connectivity index (χ0v) is 29.4. The van der Waals surface area contributed by atoms with Crippen LogP contribution >= 0.6 is 0 Å². The van der Waals surface area contributed by atoms with Crippen LogP contribution in [0.15, 0.2) is 42.9 Å². The van der Waals surface area contributed by atoms with E-state index in [-0.39, 0.29) is 47.9 Å². The minimum Gasteiger partial charge on any atom is -0.444 e. The second-order valence-corrected chi connectivity index (χ2v) is 15.4. The number of ether oxygens (including phenoxy) is 1. The molecular formula is C38H50FN5O4. The molecule has 1 atom stereocenters. The maximum Gasteiger partial charge on any atom is 0.411 e. The van der Waals surface area contributed by atoms with Crippen molar-refractivity contribution in [3.05, 3.63) is 59.8 Å². The zero-order valence-electron chi connectivity index (χ0n) is 29.4. The summed E-state index contributed by atoms with van der Waals surface area (Å²) >= 11 is 0. The Kier molecular flexibility index (Phi) is 9.30. The van der Waals surface area contributed by atoms with Gasteiger partial charge in [0.25, 0.3) is 5.91 Å². The third kappa shape index (κ3) is 6.42. The Labute approximate surface area is 283 Å². The van der Waals surface area contributed by atoms with Crippen LogP contribution in [0.2, 0.25) is 0 Å². The van der Waals surface area contributed by atoms with Crippen molar-refractivity contribution < 1.29 is 23.5 Å². The minimum absolute atomic E-state index is 0.0367. The van der Waals surface area contributed by atoms with Crippen molar-refractivity contribution in [1.29, 1.82) is 0 Å². The Morgan fingerprint density at radius 1 is 0.958 bits per heavy atom. The SMILES string of the molecule is CC(C)N(C(=O)c1cc(F)ccc1-n1cc(C2CCN(C(=O)[C@@H]3C4CCC(CC4)N3C(=O)OC(C)(C)C)CC2)c2ccncc21)C(C)C. The monoisotopic (exact) mass is 659 g/mol. The number of aromatic nitrogens is 2. The number of fused-ring (bicyclic) bond motifs is 4. The van der Waals surface area contributed by atoms with Crippen LogP contribution in [0, 0.1) is 11.7 Å². The first-order chi connectivity index (χ1) is 22.7. The van der Waals surface area contributed by atoms with E-state index in [9.17, 15) is 18.8 Å². The van der Waals surface area contributed by atoms with Gasteiger partial charge in [-0.1, -0.05) is 0 Å². The summed E-state index contributed by atoms with van der Waals surface area (Å²) < 4.78 is 22.4. The predicted molar refractivity (Wildman–Crippen MR) is 184 cm³/mol. The number of benzene rings is 1. The standard InChI is InChI=1S/C38H50FN5O4/c1-23(2)43(24(3)4)35(45)30-20-27(39)10-13-32(30)42-22-31(29-14-17-40-21-33(29)42)25-15-18-41(19-16-25)36(46)34-26-8-11-28(12-9-26)44(34)37(47)48-38(5,6)7/h10,13-14,17,20-26,28,34H,8-9,11-12,15-16,18-19H2,1-7H3/t26?,28?,34-/m0/s1. The molecule has 1 saturated carbocycles. The molecule has 0 N–H and O–H groups in total. The van der Waals surface area contributed by atoms with Crippen molar-refractivity contribution in [2.24, 2.45) is 5.92 Å². The number of piperidine rings is 3. The number of nitrogens with zero attached hydrogens (tertiary/aromatic N) is 5. The van der Waals surface area contributed by atoms with Gasteiger partial charge in [0.2, 0.25) is 5.91 Å². The van der Waals surface area contributed by atoms with Crippen molar-refractivity contribution in [2.75, 3.05) is 13.1 Å². The van der Waals surface area contributed by atoms with E-state index in [1.54, 1.807) is 28.3 Å². The quantitative estimate of drug-likeness (QED) is 0.277. The number of carbonyl (C=O) groups excluding carboxylic acids is 3. The number of amides is 3. The van der Waals surface area contributed by atoms with Gasteiger partial charge in [-0.15, -0.1) is 0 Å². The third-order valence-electron chi connectivity index (χ3n) is 10.4. The molecule has 2 bridgehead atoms. The normalized spacial score (nSPS) is 21.8. The Hall–Kier alpha value is -3.95. The van der Waals surface area contributed by atoms with Crippen LogP contribution < -0.4 is 0 Å². The summed E-state index contributed by atoms with van der Waals surface area (Å²) in [4.78, 5) is 51.3. The lowest BCUT2D eigenvalue weighted by molar-refractivity contribution is -0.146. The second-order valence-electron chi connectivity index (χ2n) is 15.4. The maximum absolute atomic E-state index is 14.7. The van der Waals surface area contributed by atoms with Crippen molar-refractivity contribution in [3.63, 3.8) is 0 Å². The van der Waals surface area contributed by atoms with Crippen LogP contribution in [0.25, 0.3) is 16.6 Å². The van der Waals surface area contributed by atoms with Gasteiger partial charge in [-0.05, 0) is 129 Å². The first kappa shape index (κ1) is 33.9. The van der Waals surface area contributed by atoms with Crippen molar-refractivity contribution in [2.45, 2.75) is 123 Å². The summed E-state index contributed by atoms with van der Waals surface area (Å²) in [5.41, 5.74) is 2.26. The van der Waals surface area contributed by atoms with E-state index in [0.29, 0.717) is 24.3 Å². The summed E-state index contributed by atoms with van der Waals surface area (Å²) in [6.07, 6.45) is 10.6. The third-order valence-corrected chi connectivity index (χ3v) is 10.4. The zero-order chi connectivity index (χ0) is 34.5. The molecule has 0 spiro atoms. The highest BCUT2D eigenvalue weighted by Crippen LogP contribution is 2.42. The van der Waals surface area contributed by atoms with Gasteiger partial charge in [0.1, 0.15) is 17.5 Å². The van der Waals surface area contributed by atoms with Gasteiger partial charge >= 0.3 is 6.09 Å². The molecule has 4 fully saturated rings. The van der Waals surface area contributed by atoms with Crippen LogP contribution in [-0.2, 0) is 9.53 Å². The van der Waals surface area contributed by atoms with E-state index >= 15 is 0 Å². The van der Waals surface area contributed by atoms with Crippen molar-refractivity contribution in [3.8, 4) is 5.69 Å². The summed E-state index contributed by atoms with van der Waals surface area (Å²) in [5, 5.41) is 1.03. The van der Waals surface area contributed by atoms with Gasteiger partial charge in [0.05, 0.1) is 23.0 Å². The average molecular weight is 660 g/mol. The minimum atomic E-state index is -0.626. The number of halogens is 1. The maximum atomic E-state index is 14.7. The highest BCUT2D eigenvalue weighted by atomic mass is 19.1. The molecule has 1 aromatic carbocycles. The number of rotatable bonds is 6. The fraction of sp³-hybridized carbons (Fsp3) is 0.579. The Morgan fingerprint density at radius 3 is 2.25 bits per heavy atom. The second kappa shape index (κ2) is 13.2. The fourth-order valence-electron chi connectivity index (χ4n) is 8.36. The number of likely N-dealkylation sites (tertiary alicyclic amines) is 1. The molecule has 5 heterocycles. The Balaban J connectivity index is 1.26. The lowest BCUT2D eigenvalue weighted by Crippen LogP contribution is -2.64. The molecule has 258 valence electrons. The first-order valence-corrected chi connectivity index (χ1v) is 17.6. The predicted octanol–water partition coefficient (Wildman–Crippen LogP) is 7.31. The smallest absolute Gasteiger partial charge is 0.411 e. The van der Waals surface area contributed by atoms with E-state index in [0.717, 1.165) is 55.0 Å². The molecule has 1 aliphatic carbocycles. The molecule has 9 nitrogen and oxygen atoms in total. The van der Waals surface area contributed by atoms with Crippen LogP contribution in [0.4, 0.5) is 9.18 Å². The summed E-state index contributed by atoms with van der Waals surface area (Å²) in [6.45, 7) is 14.6. The van der Waals surface area contributed by atoms with Gasteiger partial charge in [-0.25, -0.2) is 9.18 Å². The summed E-state index contributed by atoms with van der Waals surface area (Å²) in [7, 11) is 0. The molecule has 4 aliphatic rings. The molecule has 48 heavy (non-hydrogen) atoms. The van der Waals surface area contributed by atoms with Crippen molar-refractivity contribution >= 4 is 28.8 Å². The molecule has 10 heteroatoms. The molecule has 2 aromatic heterocycles. The highest BCUT2D eigenvalue weighted by molar-refractivity contribution is 5.99. The number of carbonyl (C=O) groups is 3. The fourth-order valence-corrected chi connectivity index (χ4v) is 8.36. The molecule has 3 saturated heterocycles. The van der Waals surface area contributed by atoms with Gasteiger partial charge in [-0.2, -0.15) is 0 Å².